The molecular formula is C17H22F3N3O4S. The van der Waals surface area contributed by atoms with Crippen LogP contribution < -0.4 is 16.0 Å². The summed E-state index contributed by atoms with van der Waals surface area (Å²) in [6.45, 7) is 3.38. The number of rotatable bonds is 5. The summed E-state index contributed by atoms with van der Waals surface area (Å²) in [4.78, 5) is 24.6. The zero-order valence-electron chi connectivity index (χ0n) is 15.3. The molecule has 156 valence electrons. The third-order valence-electron chi connectivity index (χ3n) is 4.28. The number of carbonyl (C=O) groups excluding carboxylic acids is 2. The van der Waals surface area contributed by atoms with Gasteiger partial charge in [-0.05, 0) is 36.6 Å². The van der Waals surface area contributed by atoms with Crippen molar-refractivity contribution in [1.29, 1.82) is 0 Å². The molecule has 0 saturated carbocycles. The number of amides is 3. The molecular weight excluding hydrogens is 399 g/mol. The first kappa shape index (κ1) is 22.0. The van der Waals surface area contributed by atoms with E-state index in [9.17, 15) is 31.2 Å². The zero-order valence-corrected chi connectivity index (χ0v) is 16.2. The van der Waals surface area contributed by atoms with Crippen LogP contribution in [0.1, 0.15) is 25.8 Å². The van der Waals surface area contributed by atoms with Crippen molar-refractivity contribution in [3.05, 3.63) is 29.8 Å². The lowest BCUT2D eigenvalue weighted by Crippen LogP contribution is -2.52. The highest BCUT2D eigenvalue weighted by Gasteiger charge is 2.32. The molecule has 0 radical (unpaired) electrons. The Morgan fingerprint density at radius 1 is 1.14 bits per heavy atom. The average molecular weight is 421 g/mol. The molecule has 3 amide bonds. The van der Waals surface area contributed by atoms with Crippen LogP contribution in [0, 0.1) is 5.92 Å². The minimum Gasteiger partial charge on any atom is -0.334 e. The van der Waals surface area contributed by atoms with E-state index in [1.807, 2.05) is 0 Å². The highest BCUT2D eigenvalue weighted by molar-refractivity contribution is 7.91. The number of anilines is 1. The van der Waals surface area contributed by atoms with Gasteiger partial charge in [0.15, 0.2) is 9.84 Å². The number of urea groups is 1. The van der Waals surface area contributed by atoms with Gasteiger partial charge >= 0.3 is 12.2 Å². The molecule has 0 aromatic heterocycles. The number of nitrogens with one attached hydrogen (secondary N) is 3. The fourth-order valence-electron chi connectivity index (χ4n) is 2.77. The first-order valence-corrected chi connectivity index (χ1v) is 10.4. The summed E-state index contributed by atoms with van der Waals surface area (Å²) in [6, 6.07) is 1.80. The van der Waals surface area contributed by atoms with Crippen molar-refractivity contribution < 1.29 is 31.2 Å². The summed E-state index contributed by atoms with van der Waals surface area (Å²) >= 11 is 0. The molecule has 1 aromatic carbocycles. The summed E-state index contributed by atoms with van der Waals surface area (Å²) < 4.78 is 60.7. The van der Waals surface area contributed by atoms with Gasteiger partial charge in [-0.15, -0.1) is 0 Å². The van der Waals surface area contributed by atoms with E-state index in [0.29, 0.717) is 6.42 Å². The number of sulfone groups is 1. The van der Waals surface area contributed by atoms with Crippen LogP contribution in [0.2, 0.25) is 0 Å². The molecule has 1 aliphatic rings. The molecule has 2 rings (SSSR count). The molecule has 2 atom stereocenters. The second-order valence-electron chi connectivity index (χ2n) is 7.00. The smallest absolute Gasteiger partial charge is 0.334 e. The van der Waals surface area contributed by atoms with E-state index < -0.39 is 45.6 Å². The van der Waals surface area contributed by atoms with Gasteiger partial charge in [0, 0.05) is 11.7 Å². The van der Waals surface area contributed by atoms with Gasteiger partial charge in [-0.2, -0.15) is 13.2 Å². The molecule has 7 nitrogen and oxygen atoms in total. The lowest BCUT2D eigenvalue weighted by Gasteiger charge is -2.23. The Hall–Kier alpha value is -2.30. The van der Waals surface area contributed by atoms with Crippen LogP contribution in [-0.2, 0) is 20.8 Å². The predicted octanol–water partition coefficient (Wildman–Crippen LogP) is 2.15. The van der Waals surface area contributed by atoms with Crippen LogP contribution in [-0.4, -0.2) is 43.9 Å². The van der Waals surface area contributed by atoms with E-state index in [0.717, 1.165) is 24.3 Å². The molecule has 0 bridgehead atoms. The van der Waals surface area contributed by atoms with Gasteiger partial charge in [-0.3, -0.25) is 4.79 Å². The van der Waals surface area contributed by atoms with Gasteiger partial charge in [-0.1, -0.05) is 13.8 Å². The van der Waals surface area contributed by atoms with Crippen LogP contribution in [0.25, 0.3) is 0 Å². The molecule has 1 saturated heterocycles. The van der Waals surface area contributed by atoms with Gasteiger partial charge in [0.1, 0.15) is 6.04 Å². The lowest BCUT2D eigenvalue weighted by molar-refractivity contribution is -0.137. The molecule has 0 spiro atoms. The highest BCUT2D eigenvalue weighted by Crippen LogP contribution is 2.29. The Morgan fingerprint density at radius 2 is 1.75 bits per heavy atom. The first-order valence-electron chi connectivity index (χ1n) is 8.63. The van der Waals surface area contributed by atoms with Gasteiger partial charge < -0.3 is 16.0 Å². The molecule has 28 heavy (non-hydrogen) atoms. The van der Waals surface area contributed by atoms with Crippen LogP contribution in [0.5, 0.6) is 0 Å². The summed E-state index contributed by atoms with van der Waals surface area (Å²) in [5, 5.41) is 7.49. The van der Waals surface area contributed by atoms with Crippen molar-refractivity contribution in [3.8, 4) is 0 Å². The van der Waals surface area contributed by atoms with E-state index in [-0.39, 0.29) is 23.1 Å². The molecule has 1 aliphatic heterocycles. The van der Waals surface area contributed by atoms with Gasteiger partial charge in [0.25, 0.3) is 0 Å². The lowest BCUT2D eigenvalue weighted by atomic mass is 10.0. The number of carbonyl (C=O) groups is 2. The minimum atomic E-state index is -4.48. The highest BCUT2D eigenvalue weighted by atomic mass is 32.2. The number of alkyl halides is 3. The van der Waals surface area contributed by atoms with Crippen molar-refractivity contribution in [2.75, 3.05) is 16.8 Å². The molecule has 3 N–H and O–H groups in total. The second-order valence-corrected chi connectivity index (χ2v) is 9.23. The summed E-state index contributed by atoms with van der Waals surface area (Å²) in [5.41, 5.74) is -0.678. The third-order valence-corrected chi connectivity index (χ3v) is 6.05. The predicted molar refractivity (Wildman–Crippen MR) is 97.4 cm³/mol. The topological polar surface area (TPSA) is 104 Å². The SMILES string of the molecule is CC(C)[C@H](NC(=O)NC1CCS(=O)(=O)C1)C(=O)Nc1ccc(C(F)(F)F)cc1. The van der Waals surface area contributed by atoms with Crippen molar-refractivity contribution in [3.63, 3.8) is 0 Å². The fourth-order valence-corrected chi connectivity index (χ4v) is 4.45. The standard InChI is InChI=1S/C17H22F3N3O4S/c1-10(2)14(23-16(25)22-13-7-8-28(26,27)9-13)15(24)21-12-5-3-11(4-6-12)17(18,19)20/h3-6,10,13-14H,7-9H2,1-2H3,(H,21,24)(H2,22,23,25)/t13?,14-/m0/s1. The average Bonchev–Trinajstić information content (AvgIpc) is 2.90. The van der Waals surface area contributed by atoms with Crippen molar-refractivity contribution in [2.45, 2.75) is 38.5 Å². The van der Waals surface area contributed by atoms with E-state index in [1.165, 1.54) is 0 Å². The van der Waals surface area contributed by atoms with Crippen molar-refractivity contribution in [1.82, 2.24) is 10.6 Å². The summed E-state index contributed by atoms with van der Waals surface area (Å²) in [7, 11) is -3.16. The first-order chi connectivity index (χ1) is 12.9. The third kappa shape index (κ3) is 6.11. The maximum atomic E-state index is 12.6. The number of halogens is 3. The van der Waals surface area contributed by atoms with E-state index in [2.05, 4.69) is 16.0 Å². The van der Waals surface area contributed by atoms with Crippen LogP contribution in [0.3, 0.4) is 0 Å². The number of hydrogen-bond donors (Lipinski definition) is 3. The van der Waals surface area contributed by atoms with Gasteiger partial charge in [-0.25, -0.2) is 13.2 Å². The zero-order chi connectivity index (χ0) is 21.1. The van der Waals surface area contributed by atoms with E-state index in [4.69, 9.17) is 0 Å². The van der Waals surface area contributed by atoms with Crippen LogP contribution in [0.4, 0.5) is 23.7 Å². The number of hydrogen-bond acceptors (Lipinski definition) is 4. The van der Waals surface area contributed by atoms with E-state index >= 15 is 0 Å². The second kappa shape index (κ2) is 8.38. The van der Waals surface area contributed by atoms with Gasteiger partial charge in [0.05, 0.1) is 17.1 Å². The minimum absolute atomic E-state index is 0.0000367. The molecule has 1 heterocycles. The Labute approximate surface area is 161 Å². The molecule has 1 unspecified atom stereocenters. The Morgan fingerprint density at radius 3 is 2.21 bits per heavy atom. The maximum Gasteiger partial charge on any atom is 0.416 e. The molecule has 11 heteroatoms. The number of benzene rings is 1. The van der Waals surface area contributed by atoms with E-state index in [1.54, 1.807) is 13.8 Å². The fraction of sp³-hybridized carbons (Fsp3) is 0.529. The maximum absolute atomic E-state index is 12.6. The molecule has 1 aromatic rings. The normalized spacial score (nSPS) is 19.9. The van der Waals surface area contributed by atoms with Crippen LogP contribution in [0.15, 0.2) is 24.3 Å². The van der Waals surface area contributed by atoms with Crippen molar-refractivity contribution >= 4 is 27.5 Å². The van der Waals surface area contributed by atoms with Gasteiger partial charge in [0.2, 0.25) is 5.91 Å². The quantitative estimate of drug-likeness (QED) is 0.678. The molecule has 0 aliphatic carbocycles. The Bertz CT molecular complexity index is 823. The summed E-state index contributed by atoms with van der Waals surface area (Å²) in [6.07, 6.45) is -4.17. The monoisotopic (exact) mass is 421 g/mol. The summed E-state index contributed by atoms with van der Waals surface area (Å²) in [5.74, 6) is -1.05. The van der Waals surface area contributed by atoms with Crippen LogP contribution >= 0.6 is 0 Å². The largest absolute Gasteiger partial charge is 0.416 e. The van der Waals surface area contributed by atoms with Crippen molar-refractivity contribution in [2.24, 2.45) is 5.92 Å². The molecule has 1 fully saturated rings. The Balaban J connectivity index is 1.97. The Kier molecular flexibility index (Phi) is 6.58.